The second-order valence-electron chi connectivity index (χ2n) is 5.59. The number of H-pyrrole nitrogens is 1. The van der Waals surface area contributed by atoms with Crippen molar-refractivity contribution in [3.63, 3.8) is 0 Å². The average Bonchev–Trinajstić information content (AvgIpc) is 2.79. The fourth-order valence-electron chi connectivity index (χ4n) is 2.25. The summed E-state index contributed by atoms with van der Waals surface area (Å²) in [6.45, 7) is 3.94. The molecule has 0 amide bonds. The van der Waals surface area contributed by atoms with Crippen LogP contribution in [0.1, 0.15) is 20.3 Å². The van der Waals surface area contributed by atoms with Gasteiger partial charge in [0, 0.05) is 29.3 Å². The summed E-state index contributed by atoms with van der Waals surface area (Å²) in [6, 6.07) is 5.05. The van der Waals surface area contributed by atoms with Crippen LogP contribution in [0.15, 0.2) is 29.3 Å². The Morgan fingerprint density at radius 1 is 1.38 bits per heavy atom. The first kappa shape index (κ1) is 15.8. The van der Waals surface area contributed by atoms with Crippen molar-refractivity contribution in [2.24, 2.45) is 5.92 Å². The van der Waals surface area contributed by atoms with Crippen LogP contribution in [-0.2, 0) is 10.0 Å². The molecule has 1 aromatic heterocycles. The maximum absolute atomic E-state index is 12.3. The minimum Gasteiger partial charge on any atom is -0.399 e. The smallest absolute Gasteiger partial charge is 0.242 e. The van der Waals surface area contributed by atoms with Gasteiger partial charge in [-0.25, -0.2) is 13.1 Å². The topological polar surface area (TPSA) is 108 Å². The van der Waals surface area contributed by atoms with Crippen LogP contribution >= 0.6 is 0 Å². The molecule has 0 radical (unpaired) electrons. The molecule has 116 valence electrons. The normalized spacial score (nSPS) is 13.9. The highest BCUT2D eigenvalue weighted by Crippen LogP contribution is 2.24. The third-order valence-corrected chi connectivity index (χ3v) is 4.67. The summed E-state index contributed by atoms with van der Waals surface area (Å²) < 4.78 is 27.1. The fraction of sp³-hybridized carbons (Fsp3) is 0.429. The first-order chi connectivity index (χ1) is 9.79. The number of benzene rings is 1. The molecule has 0 aliphatic rings. The average molecular weight is 311 g/mol. The highest BCUT2D eigenvalue weighted by molar-refractivity contribution is 7.89. The van der Waals surface area contributed by atoms with Crippen LogP contribution in [0.4, 0.5) is 5.69 Å². The first-order valence-corrected chi connectivity index (χ1v) is 8.32. The lowest BCUT2D eigenvalue weighted by atomic mass is 10.1. The van der Waals surface area contributed by atoms with Crippen LogP contribution in [0.5, 0.6) is 0 Å². The van der Waals surface area contributed by atoms with E-state index >= 15 is 0 Å². The molecular formula is C14H21N3O3S. The molecule has 2 aromatic rings. The molecule has 1 heterocycles. The van der Waals surface area contributed by atoms with Crippen molar-refractivity contribution >= 4 is 26.6 Å². The molecule has 7 heteroatoms. The number of aliphatic hydroxyl groups excluding tert-OH is 1. The Morgan fingerprint density at radius 2 is 2.10 bits per heavy atom. The number of rotatable bonds is 6. The summed E-state index contributed by atoms with van der Waals surface area (Å²) >= 11 is 0. The van der Waals surface area contributed by atoms with Gasteiger partial charge in [-0.05, 0) is 30.5 Å². The molecule has 0 spiro atoms. The molecule has 0 saturated heterocycles. The van der Waals surface area contributed by atoms with E-state index in [2.05, 4.69) is 9.71 Å². The minimum absolute atomic E-state index is 0.00446. The Kier molecular flexibility index (Phi) is 4.55. The van der Waals surface area contributed by atoms with Crippen LogP contribution in [-0.4, -0.2) is 31.2 Å². The van der Waals surface area contributed by atoms with Gasteiger partial charge in [-0.3, -0.25) is 0 Å². The van der Waals surface area contributed by atoms with Crippen molar-refractivity contribution in [3.8, 4) is 0 Å². The predicted octanol–water partition coefficient (Wildman–Crippen LogP) is 1.44. The lowest BCUT2D eigenvalue weighted by Crippen LogP contribution is -2.32. The Bertz CT molecular complexity index is 722. The van der Waals surface area contributed by atoms with E-state index in [0.29, 0.717) is 28.9 Å². The maximum Gasteiger partial charge on any atom is 0.242 e. The van der Waals surface area contributed by atoms with Crippen LogP contribution < -0.4 is 10.5 Å². The molecule has 0 aliphatic heterocycles. The van der Waals surface area contributed by atoms with Crippen LogP contribution in [0.3, 0.4) is 0 Å². The van der Waals surface area contributed by atoms with Gasteiger partial charge < -0.3 is 15.8 Å². The number of nitrogens with two attached hydrogens (primary N) is 1. The number of hydrogen-bond donors (Lipinski definition) is 4. The van der Waals surface area contributed by atoms with E-state index in [1.54, 1.807) is 18.2 Å². The van der Waals surface area contributed by atoms with Crippen molar-refractivity contribution in [2.75, 3.05) is 12.3 Å². The number of aromatic amines is 1. The van der Waals surface area contributed by atoms with Gasteiger partial charge in [0.05, 0.1) is 6.10 Å². The van der Waals surface area contributed by atoms with Gasteiger partial charge in [0.1, 0.15) is 4.90 Å². The largest absolute Gasteiger partial charge is 0.399 e. The number of nitrogens with one attached hydrogen (secondary N) is 2. The third kappa shape index (κ3) is 3.75. The van der Waals surface area contributed by atoms with E-state index in [9.17, 15) is 13.5 Å². The summed E-state index contributed by atoms with van der Waals surface area (Å²) in [5.41, 5.74) is 6.90. The molecule has 21 heavy (non-hydrogen) atoms. The van der Waals surface area contributed by atoms with E-state index in [-0.39, 0.29) is 11.4 Å². The zero-order valence-electron chi connectivity index (χ0n) is 12.1. The standard InChI is InChI=1S/C14H21N3O3S/c1-9(2)5-11(18)7-17-21(19,20)14-8-16-13-4-3-10(15)6-12(13)14/h3-4,6,8-9,11,16-18H,5,7,15H2,1-2H3. The molecule has 0 aliphatic carbocycles. The van der Waals surface area contributed by atoms with Crippen molar-refractivity contribution in [2.45, 2.75) is 31.3 Å². The molecule has 5 N–H and O–H groups in total. The maximum atomic E-state index is 12.3. The van der Waals surface area contributed by atoms with Crippen molar-refractivity contribution < 1.29 is 13.5 Å². The molecule has 2 rings (SSSR count). The number of nitrogen functional groups attached to an aromatic ring is 1. The highest BCUT2D eigenvalue weighted by atomic mass is 32.2. The zero-order chi connectivity index (χ0) is 15.6. The predicted molar refractivity (Wildman–Crippen MR) is 83.4 cm³/mol. The van der Waals surface area contributed by atoms with Crippen molar-refractivity contribution in [3.05, 3.63) is 24.4 Å². The second kappa shape index (κ2) is 6.05. The molecule has 1 unspecified atom stereocenters. The van der Waals surface area contributed by atoms with Crippen LogP contribution in [0, 0.1) is 5.92 Å². The van der Waals surface area contributed by atoms with Gasteiger partial charge in [-0.15, -0.1) is 0 Å². The zero-order valence-corrected chi connectivity index (χ0v) is 12.9. The minimum atomic E-state index is -3.69. The molecule has 1 aromatic carbocycles. The van der Waals surface area contributed by atoms with Crippen LogP contribution in [0.2, 0.25) is 0 Å². The summed E-state index contributed by atoms with van der Waals surface area (Å²) in [5.74, 6) is 0.303. The summed E-state index contributed by atoms with van der Waals surface area (Å²) in [6.07, 6.45) is 1.28. The second-order valence-corrected chi connectivity index (χ2v) is 7.33. The molecule has 0 saturated carbocycles. The Labute approximate surface area is 124 Å². The molecule has 0 fully saturated rings. The van der Waals surface area contributed by atoms with E-state index in [4.69, 9.17) is 5.73 Å². The first-order valence-electron chi connectivity index (χ1n) is 6.84. The number of fused-ring (bicyclic) bond motifs is 1. The number of anilines is 1. The van der Waals surface area contributed by atoms with E-state index in [1.807, 2.05) is 13.8 Å². The van der Waals surface area contributed by atoms with E-state index in [0.717, 1.165) is 0 Å². The Morgan fingerprint density at radius 3 is 2.76 bits per heavy atom. The van der Waals surface area contributed by atoms with Gasteiger partial charge >= 0.3 is 0 Å². The lowest BCUT2D eigenvalue weighted by Gasteiger charge is -2.13. The van der Waals surface area contributed by atoms with E-state index < -0.39 is 16.1 Å². The molecule has 0 bridgehead atoms. The number of aliphatic hydroxyl groups is 1. The third-order valence-electron chi connectivity index (χ3n) is 3.21. The summed E-state index contributed by atoms with van der Waals surface area (Å²) in [5, 5.41) is 10.3. The number of aromatic nitrogens is 1. The number of sulfonamides is 1. The molecule has 6 nitrogen and oxygen atoms in total. The molecular weight excluding hydrogens is 290 g/mol. The summed E-state index contributed by atoms with van der Waals surface area (Å²) in [7, 11) is -3.69. The SMILES string of the molecule is CC(C)CC(O)CNS(=O)(=O)c1c[nH]c2ccc(N)cc12. The van der Waals surface area contributed by atoms with Gasteiger partial charge in [-0.2, -0.15) is 0 Å². The lowest BCUT2D eigenvalue weighted by molar-refractivity contribution is 0.152. The van der Waals surface area contributed by atoms with Crippen molar-refractivity contribution in [1.82, 2.24) is 9.71 Å². The van der Waals surface area contributed by atoms with Gasteiger partial charge in [0.25, 0.3) is 0 Å². The molecule has 1 atom stereocenters. The Balaban J connectivity index is 2.20. The fourth-order valence-corrected chi connectivity index (χ4v) is 3.49. The monoisotopic (exact) mass is 311 g/mol. The van der Waals surface area contributed by atoms with Gasteiger partial charge in [-0.1, -0.05) is 13.8 Å². The Hall–Kier alpha value is -1.57. The highest BCUT2D eigenvalue weighted by Gasteiger charge is 2.20. The quantitative estimate of drug-likeness (QED) is 0.605. The number of hydrogen-bond acceptors (Lipinski definition) is 4. The van der Waals surface area contributed by atoms with Crippen molar-refractivity contribution in [1.29, 1.82) is 0 Å². The van der Waals surface area contributed by atoms with Crippen LogP contribution in [0.25, 0.3) is 10.9 Å². The van der Waals surface area contributed by atoms with E-state index in [1.165, 1.54) is 6.20 Å². The summed E-state index contributed by atoms with van der Waals surface area (Å²) in [4.78, 5) is 3.04. The van der Waals surface area contributed by atoms with Gasteiger partial charge in [0.2, 0.25) is 10.0 Å². The van der Waals surface area contributed by atoms with Gasteiger partial charge in [0.15, 0.2) is 0 Å².